The first-order chi connectivity index (χ1) is 7.83. The lowest BCUT2D eigenvalue weighted by Crippen LogP contribution is -1.99. The van der Waals surface area contributed by atoms with Gasteiger partial charge in [-0.15, -0.1) is 23.1 Å². The van der Waals surface area contributed by atoms with Gasteiger partial charge in [0.25, 0.3) is 0 Å². The van der Waals surface area contributed by atoms with Crippen LogP contribution in [0.25, 0.3) is 0 Å². The van der Waals surface area contributed by atoms with E-state index >= 15 is 0 Å². The van der Waals surface area contributed by atoms with Crippen LogP contribution in [0.15, 0.2) is 35.4 Å². The van der Waals surface area contributed by atoms with E-state index in [9.17, 15) is 0 Å². The summed E-state index contributed by atoms with van der Waals surface area (Å²) in [5, 5.41) is 0.675. The van der Waals surface area contributed by atoms with Crippen LogP contribution in [0, 0.1) is 0 Å². The third-order valence-electron chi connectivity index (χ3n) is 2.82. The van der Waals surface area contributed by atoms with Crippen molar-refractivity contribution in [2.75, 3.05) is 11.5 Å². The molecule has 0 aliphatic carbocycles. The fourth-order valence-corrected chi connectivity index (χ4v) is 4.08. The lowest BCUT2D eigenvalue weighted by molar-refractivity contribution is 0.781. The van der Waals surface area contributed by atoms with Crippen LogP contribution in [-0.4, -0.2) is 10.7 Å². The molecule has 2 heterocycles. The van der Waals surface area contributed by atoms with Gasteiger partial charge in [0, 0.05) is 21.7 Å². The van der Waals surface area contributed by atoms with Gasteiger partial charge in [0.15, 0.2) is 5.13 Å². The highest BCUT2D eigenvalue weighted by atomic mass is 32.2. The van der Waals surface area contributed by atoms with E-state index in [1.165, 1.54) is 21.1 Å². The molecule has 0 spiro atoms. The Morgan fingerprint density at radius 2 is 2.25 bits per heavy atom. The van der Waals surface area contributed by atoms with Crippen LogP contribution < -0.4 is 5.73 Å². The summed E-state index contributed by atoms with van der Waals surface area (Å²) in [5.74, 6) is 1.80. The number of nitrogens with zero attached hydrogens (tertiary/aromatic N) is 1. The van der Waals surface area contributed by atoms with Gasteiger partial charge in [-0.25, -0.2) is 4.98 Å². The maximum atomic E-state index is 5.65. The normalized spacial score (nSPS) is 18.6. The first-order valence-electron chi connectivity index (χ1n) is 5.25. The molecule has 1 aromatic heterocycles. The fourth-order valence-electron chi connectivity index (χ4n) is 2.06. The summed E-state index contributed by atoms with van der Waals surface area (Å²) in [6.45, 7) is 0. The van der Waals surface area contributed by atoms with Crippen molar-refractivity contribution < 1.29 is 0 Å². The minimum Gasteiger partial charge on any atom is -0.375 e. The number of fused-ring (bicyclic) bond motifs is 1. The highest BCUT2D eigenvalue weighted by molar-refractivity contribution is 7.99. The topological polar surface area (TPSA) is 38.9 Å². The van der Waals surface area contributed by atoms with E-state index in [2.05, 4.69) is 29.2 Å². The van der Waals surface area contributed by atoms with Crippen molar-refractivity contribution >= 4 is 28.2 Å². The van der Waals surface area contributed by atoms with E-state index in [4.69, 9.17) is 5.73 Å². The molecule has 0 bridgehead atoms. The zero-order valence-electron chi connectivity index (χ0n) is 8.72. The highest BCUT2D eigenvalue weighted by Crippen LogP contribution is 2.41. The van der Waals surface area contributed by atoms with Gasteiger partial charge < -0.3 is 5.73 Å². The Morgan fingerprint density at radius 3 is 3.06 bits per heavy atom. The summed E-state index contributed by atoms with van der Waals surface area (Å²) in [5.41, 5.74) is 7.14. The standard InChI is InChI=1S/C12H12N2S2/c13-12-14-6-9(16-12)5-8-7-15-11-4-2-1-3-10(8)11/h1-4,6,8H,5,7H2,(H2,13,14). The molecular weight excluding hydrogens is 236 g/mol. The van der Waals surface area contributed by atoms with Crippen LogP contribution in [0.1, 0.15) is 16.4 Å². The van der Waals surface area contributed by atoms with Crippen LogP contribution in [0.4, 0.5) is 5.13 Å². The number of nitrogen functional groups attached to an aromatic ring is 1. The van der Waals surface area contributed by atoms with E-state index in [-0.39, 0.29) is 0 Å². The molecule has 0 radical (unpaired) electrons. The van der Waals surface area contributed by atoms with Crippen LogP contribution in [0.5, 0.6) is 0 Å². The maximum absolute atomic E-state index is 5.65. The van der Waals surface area contributed by atoms with Gasteiger partial charge in [-0.05, 0) is 24.0 Å². The third-order valence-corrected chi connectivity index (χ3v) is 4.92. The Labute approximate surface area is 103 Å². The van der Waals surface area contributed by atoms with Crippen molar-refractivity contribution in [2.24, 2.45) is 0 Å². The first kappa shape index (κ1) is 10.2. The molecule has 2 nitrogen and oxygen atoms in total. The summed E-state index contributed by atoms with van der Waals surface area (Å²) >= 11 is 3.56. The number of hydrogen-bond donors (Lipinski definition) is 1. The van der Waals surface area contributed by atoms with E-state index in [1.54, 1.807) is 11.3 Å². The number of thioether (sulfide) groups is 1. The van der Waals surface area contributed by atoms with Crippen LogP contribution in [0.2, 0.25) is 0 Å². The molecule has 0 fully saturated rings. The molecule has 82 valence electrons. The lowest BCUT2D eigenvalue weighted by Gasteiger charge is -2.08. The number of nitrogens with two attached hydrogens (primary N) is 1. The highest BCUT2D eigenvalue weighted by Gasteiger charge is 2.23. The smallest absolute Gasteiger partial charge is 0.180 e. The minimum atomic E-state index is 0.626. The number of hydrogen-bond acceptors (Lipinski definition) is 4. The number of anilines is 1. The first-order valence-corrected chi connectivity index (χ1v) is 7.05. The second-order valence-electron chi connectivity index (χ2n) is 3.91. The average molecular weight is 248 g/mol. The van der Waals surface area contributed by atoms with Gasteiger partial charge in [-0.1, -0.05) is 18.2 Å². The van der Waals surface area contributed by atoms with Crippen LogP contribution in [-0.2, 0) is 6.42 Å². The third kappa shape index (κ3) is 1.83. The molecule has 1 aliphatic heterocycles. The fraction of sp³-hybridized carbons (Fsp3) is 0.250. The van der Waals surface area contributed by atoms with E-state index < -0.39 is 0 Å². The maximum Gasteiger partial charge on any atom is 0.180 e. The van der Waals surface area contributed by atoms with Gasteiger partial charge >= 0.3 is 0 Å². The SMILES string of the molecule is Nc1ncc(CC2CSc3ccccc32)s1. The van der Waals surface area contributed by atoms with Gasteiger partial charge in [0.05, 0.1) is 0 Å². The Kier molecular flexibility index (Phi) is 2.61. The Hall–Kier alpha value is -1.00. The van der Waals surface area contributed by atoms with Gasteiger partial charge in [0.2, 0.25) is 0 Å². The number of aromatic nitrogens is 1. The summed E-state index contributed by atoms with van der Waals surface area (Å²) < 4.78 is 0. The monoisotopic (exact) mass is 248 g/mol. The summed E-state index contributed by atoms with van der Waals surface area (Å²) in [6, 6.07) is 8.68. The molecule has 4 heteroatoms. The van der Waals surface area contributed by atoms with Gasteiger partial charge in [-0.2, -0.15) is 0 Å². The molecule has 1 aromatic carbocycles. The molecule has 3 rings (SSSR count). The van der Waals surface area contributed by atoms with Gasteiger partial charge in [0.1, 0.15) is 0 Å². The van der Waals surface area contributed by atoms with Crippen molar-refractivity contribution in [2.45, 2.75) is 17.2 Å². The Balaban J connectivity index is 1.83. The summed E-state index contributed by atoms with van der Waals surface area (Å²) in [4.78, 5) is 6.83. The van der Waals surface area contributed by atoms with E-state index in [0.717, 1.165) is 6.42 Å². The molecule has 16 heavy (non-hydrogen) atoms. The van der Waals surface area contributed by atoms with Crippen LogP contribution >= 0.6 is 23.1 Å². The predicted molar refractivity (Wildman–Crippen MR) is 70.1 cm³/mol. The van der Waals surface area contributed by atoms with E-state index in [0.29, 0.717) is 11.0 Å². The molecule has 0 saturated carbocycles. The summed E-state index contributed by atoms with van der Waals surface area (Å²) in [7, 11) is 0. The minimum absolute atomic E-state index is 0.626. The molecule has 0 saturated heterocycles. The molecule has 2 N–H and O–H groups in total. The second-order valence-corrected chi connectivity index (χ2v) is 6.12. The second kappa shape index (κ2) is 4.11. The molecule has 2 aromatic rings. The van der Waals surface area contributed by atoms with Crippen molar-refractivity contribution in [3.05, 3.63) is 40.9 Å². The van der Waals surface area contributed by atoms with Crippen molar-refractivity contribution in [3.63, 3.8) is 0 Å². The molecule has 0 amide bonds. The van der Waals surface area contributed by atoms with Crippen molar-refractivity contribution in [1.82, 2.24) is 4.98 Å². The van der Waals surface area contributed by atoms with E-state index in [1.807, 2.05) is 18.0 Å². The quantitative estimate of drug-likeness (QED) is 0.887. The average Bonchev–Trinajstić information content (AvgIpc) is 2.87. The summed E-state index contributed by atoms with van der Waals surface area (Å²) in [6.07, 6.45) is 2.98. The molecule has 1 aliphatic rings. The number of thiazole rings is 1. The lowest BCUT2D eigenvalue weighted by atomic mass is 9.97. The van der Waals surface area contributed by atoms with Crippen LogP contribution in [0.3, 0.4) is 0 Å². The Bertz CT molecular complexity index is 507. The zero-order chi connectivity index (χ0) is 11.0. The molecule has 1 atom stereocenters. The van der Waals surface area contributed by atoms with Crippen molar-refractivity contribution in [1.29, 1.82) is 0 Å². The van der Waals surface area contributed by atoms with Crippen molar-refractivity contribution in [3.8, 4) is 0 Å². The number of benzene rings is 1. The Morgan fingerprint density at radius 1 is 1.38 bits per heavy atom. The predicted octanol–water partition coefficient (Wildman–Crippen LogP) is 3.16. The largest absolute Gasteiger partial charge is 0.375 e. The molecular formula is C12H12N2S2. The molecule has 1 unspecified atom stereocenters. The zero-order valence-corrected chi connectivity index (χ0v) is 10.4. The van der Waals surface area contributed by atoms with Gasteiger partial charge in [-0.3, -0.25) is 0 Å². The number of rotatable bonds is 2.